The average Bonchev–Trinajstić information content (AvgIpc) is 2.17. The van der Waals surface area contributed by atoms with E-state index in [-0.39, 0.29) is 18.3 Å². The molecule has 76 valence electrons. The minimum atomic E-state index is 0.0283. The summed E-state index contributed by atoms with van der Waals surface area (Å²) in [6.07, 6.45) is 5.08. The predicted molar refractivity (Wildman–Crippen MR) is 56.1 cm³/mol. The van der Waals surface area contributed by atoms with Crippen molar-refractivity contribution in [2.75, 3.05) is 6.61 Å². The van der Waals surface area contributed by atoms with Gasteiger partial charge in [0.05, 0.1) is 6.10 Å². The molecule has 2 bridgehead atoms. The quantitative estimate of drug-likeness (QED) is 0.625. The predicted octanol–water partition coefficient (Wildman–Crippen LogP) is 2.23. The molecule has 2 nitrogen and oxygen atoms in total. The van der Waals surface area contributed by atoms with E-state index in [2.05, 4.69) is 13.2 Å². The van der Waals surface area contributed by atoms with Gasteiger partial charge in [0.15, 0.2) is 0 Å². The van der Waals surface area contributed by atoms with Crippen molar-refractivity contribution in [1.82, 2.24) is 0 Å². The molecule has 2 aliphatic heterocycles. The zero-order valence-corrected chi connectivity index (χ0v) is 8.53. The van der Waals surface area contributed by atoms with Crippen LogP contribution in [0.2, 0.25) is 0 Å². The molecule has 3 atom stereocenters. The van der Waals surface area contributed by atoms with Crippen LogP contribution in [0, 0.1) is 0 Å². The molecule has 0 N–H and O–H groups in total. The van der Waals surface area contributed by atoms with E-state index in [0.717, 1.165) is 17.6 Å². The molecule has 2 rings (SSSR count). The Morgan fingerprint density at radius 3 is 3.07 bits per heavy atom. The fraction of sp³-hybridized carbons (Fsp3) is 0.500. The topological polar surface area (TPSA) is 18.5 Å². The van der Waals surface area contributed by atoms with Gasteiger partial charge in [0.25, 0.3) is 0 Å². The van der Waals surface area contributed by atoms with Crippen LogP contribution in [0.15, 0.2) is 36.5 Å². The summed E-state index contributed by atoms with van der Waals surface area (Å²) in [5.41, 5.74) is 2.16. The summed E-state index contributed by atoms with van der Waals surface area (Å²) in [5, 5.41) is 0. The van der Waals surface area contributed by atoms with Gasteiger partial charge in [0, 0.05) is 13.0 Å². The van der Waals surface area contributed by atoms with Crippen molar-refractivity contribution < 1.29 is 9.47 Å². The molecule has 0 spiro atoms. The summed E-state index contributed by atoms with van der Waals surface area (Å²) >= 11 is 0. The summed E-state index contributed by atoms with van der Waals surface area (Å²) in [6.45, 7) is 10.7. The lowest BCUT2D eigenvalue weighted by Gasteiger charge is -2.39. The third-order valence-electron chi connectivity index (χ3n) is 2.73. The van der Waals surface area contributed by atoms with Gasteiger partial charge in [0.1, 0.15) is 12.2 Å². The van der Waals surface area contributed by atoms with Gasteiger partial charge in [-0.2, -0.15) is 0 Å². The Bertz CT molecular complexity index is 291. The van der Waals surface area contributed by atoms with E-state index < -0.39 is 0 Å². The van der Waals surface area contributed by atoms with Crippen LogP contribution in [0.3, 0.4) is 0 Å². The molecular weight excluding hydrogens is 176 g/mol. The summed E-state index contributed by atoms with van der Waals surface area (Å²) < 4.78 is 11.4. The van der Waals surface area contributed by atoms with Gasteiger partial charge < -0.3 is 9.47 Å². The van der Waals surface area contributed by atoms with Gasteiger partial charge in [-0.3, -0.25) is 0 Å². The number of ether oxygens (including phenoxy) is 2. The van der Waals surface area contributed by atoms with Gasteiger partial charge in [0.2, 0.25) is 0 Å². The molecule has 0 aromatic heterocycles. The van der Waals surface area contributed by atoms with E-state index in [0.29, 0.717) is 6.61 Å². The number of fused-ring (bicyclic) bond motifs is 2. The van der Waals surface area contributed by atoms with Crippen molar-refractivity contribution in [3.63, 3.8) is 0 Å². The molecule has 0 aliphatic carbocycles. The fourth-order valence-corrected chi connectivity index (χ4v) is 1.98. The minimum Gasteiger partial charge on any atom is -0.371 e. The van der Waals surface area contributed by atoms with Crippen LogP contribution < -0.4 is 0 Å². The highest BCUT2D eigenvalue weighted by Gasteiger charge is 2.35. The smallest absolute Gasteiger partial charge is 0.108 e. The average molecular weight is 192 g/mol. The Kier molecular flexibility index (Phi) is 2.57. The second-order valence-electron chi connectivity index (χ2n) is 3.76. The lowest BCUT2D eigenvalue weighted by atomic mass is 9.89. The Morgan fingerprint density at radius 1 is 1.57 bits per heavy atom. The van der Waals surface area contributed by atoms with E-state index >= 15 is 0 Å². The summed E-state index contributed by atoms with van der Waals surface area (Å²) in [6, 6.07) is 0. The van der Waals surface area contributed by atoms with Crippen molar-refractivity contribution in [2.24, 2.45) is 0 Å². The third-order valence-corrected chi connectivity index (χ3v) is 2.73. The summed E-state index contributed by atoms with van der Waals surface area (Å²) in [7, 11) is 0. The van der Waals surface area contributed by atoms with Crippen molar-refractivity contribution >= 4 is 0 Å². The molecule has 0 aromatic carbocycles. The Hall–Kier alpha value is -0.860. The molecule has 1 saturated heterocycles. The van der Waals surface area contributed by atoms with Crippen LogP contribution in [0.25, 0.3) is 0 Å². The van der Waals surface area contributed by atoms with E-state index in [1.807, 2.05) is 19.1 Å². The molecule has 2 aliphatic rings. The summed E-state index contributed by atoms with van der Waals surface area (Å²) in [4.78, 5) is 0. The van der Waals surface area contributed by atoms with Crippen molar-refractivity contribution in [2.45, 2.75) is 31.7 Å². The molecule has 0 unspecified atom stereocenters. The standard InChI is InChI=1S/C12H16O2/c1-4-13-12-9(3)7-11-8(2)5-6-10(12)14-11/h5-6,10-12H,2-4,7H2,1H3/t10-,11-,12-/m0/s1. The normalized spacial score (nSPS) is 36.2. The second kappa shape index (κ2) is 3.71. The van der Waals surface area contributed by atoms with Crippen molar-refractivity contribution in [3.05, 3.63) is 36.5 Å². The molecular formula is C12H16O2. The van der Waals surface area contributed by atoms with Gasteiger partial charge in [-0.25, -0.2) is 0 Å². The van der Waals surface area contributed by atoms with Crippen LogP contribution in [-0.2, 0) is 9.47 Å². The molecule has 0 radical (unpaired) electrons. The Labute approximate surface area is 84.9 Å². The van der Waals surface area contributed by atoms with Crippen LogP contribution in [0.5, 0.6) is 0 Å². The van der Waals surface area contributed by atoms with Crippen molar-refractivity contribution in [1.29, 1.82) is 0 Å². The van der Waals surface area contributed by atoms with E-state index in [4.69, 9.17) is 9.47 Å². The second-order valence-corrected chi connectivity index (χ2v) is 3.76. The van der Waals surface area contributed by atoms with Crippen LogP contribution in [0.1, 0.15) is 13.3 Å². The van der Waals surface area contributed by atoms with Gasteiger partial charge in [-0.15, -0.1) is 0 Å². The van der Waals surface area contributed by atoms with Crippen LogP contribution in [-0.4, -0.2) is 24.9 Å². The Balaban J connectivity index is 2.19. The maximum Gasteiger partial charge on any atom is 0.108 e. The monoisotopic (exact) mass is 192 g/mol. The lowest BCUT2D eigenvalue weighted by Crippen LogP contribution is -2.43. The first-order chi connectivity index (χ1) is 6.72. The lowest BCUT2D eigenvalue weighted by molar-refractivity contribution is -0.0811. The largest absolute Gasteiger partial charge is 0.371 e. The third kappa shape index (κ3) is 1.56. The molecule has 0 amide bonds. The number of hydrogen-bond acceptors (Lipinski definition) is 2. The van der Waals surface area contributed by atoms with Gasteiger partial charge >= 0.3 is 0 Å². The van der Waals surface area contributed by atoms with Gasteiger partial charge in [-0.1, -0.05) is 25.3 Å². The molecule has 2 heterocycles. The highest BCUT2D eigenvalue weighted by atomic mass is 16.5. The Morgan fingerprint density at radius 2 is 2.36 bits per heavy atom. The highest BCUT2D eigenvalue weighted by Crippen LogP contribution is 2.33. The zero-order valence-electron chi connectivity index (χ0n) is 8.53. The number of rotatable bonds is 2. The first-order valence-electron chi connectivity index (χ1n) is 5.04. The SMILES string of the molecule is C=C1C=C[C@@H]2O[C@H]1CC(=C)[C@@H]2OCC. The first kappa shape index (κ1) is 9.69. The van der Waals surface area contributed by atoms with E-state index in [1.165, 1.54) is 0 Å². The van der Waals surface area contributed by atoms with Crippen LogP contribution in [0.4, 0.5) is 0 Å². The highest BCUT2D eigenvalue weighted by molar-refractivity contribution is 5.31. The maximum absolute atomic E-state index is 5.80. The minimum absolute atomic E-state index is 0.0283. The van der Waals surface area contributed by atoms with Gasteiger partial charge in [-0.05, 0) is 18.1 Å². The number of hydrogen-bond donors (Lipinski definition) is 0. The molecule has 14 heavy (non-hydrogen) atoms. The van der Waals surface area contributed by atoms with Crippen LogP contribution >= 0.6 is 0 Å². The van der Waals surface area contributed by atoms with E-state index in [9.17, 15) is 0 Å². The zero-order chi connectivity index (χ0) is 10.1. The maximum atomic E-state index is 5.80. The molecule has 2 heteroatoms. The molecule has 1 fully saturated rings. The first-order valence-corrected chi connectivity index (χ1v) is 5.04. The molecule has 0 saturated carbocycles. The van der Waals surface area contributed by atoms with E-state index in [1.54, 1.807) is 0 Å². The summed E-state index contributed by atoms with van der Waals surface area (Å²) in [5.74, 6) is 0. The van der Waals surface area contributed by atoms with Crippen molar-refractivity contribution in [3.8, 4) is 0 Å². The molecule has 0 aromatic rings. The fourth-order valence-electron chi connectivity index (χ4n) is 1.98.